The van der Waals surface area contributed by atoms with Crippen molar-refractivity contribution in [3.8, 4) is 17.2 Å². The maximum Gasteiger partial charge on any atom is 0.220 e. The monoisotopic (exact) mass is 385 g/mol. The van der Waals surface area contributed by atoms with Gasteiger partial charge in [0.2, 0.25) is 5.91 Å². The lowest BCUT2D eigenvalue weighted by Gasteiger charge is -2.15. The van der Waals surface area contributed by atoms with Gasteiger partial charge in [-0.05, 0) is 49.7 Å². The highest BCUT2D eigenvalue weighted by Gasteiger charge is 2.14. The van der Waals surface area contributed by atoms with E-state index in [1.54, 1.807) is 18.2 Å². The van der Waals surface area contributed by atoms with Crippen LogP contribution in [0, 0.1) is 0 Å². The number of carbonyl (C=O) groups excluding carboxylic acids is 2. The van der Waals surface area contributed by atoms with Crippen molar-refractivity contribution in [3.63, 3.8) is 0 Å². The van der Waals surface area contributed by atoms with E-state index < -0.39 is 0 Å². The Labute approximate surface area is 165 Å². The van der Waals surface area contributed by atoms with Gasteiger partial charge >= 0.3 is 0 Å². The number of hydrogen-bond acceptors (Lipinski definition) is 5. The molecule has 1 atom stereocenters. The maximum atomic E-state index is 12.4. The standard InChI is InChI=1S/C22H27NO5/c1-5-28-18-9-6-16(7-10-18)15(2)23-22(25)13-11-19(24)17-8-12-20(26-3)21(14-17)27-4/h6-10,12,14-15H,5,11,13H2,1-4H3,(H,23,25). The summed E-state index contributed by atoms with van der Waals surface area (Å²) in [6.45, 7) is 4.45. The summed E-state index contributed by atoms with van der Waals surface area (Å²) < 4.78 is 15.8. The molecule has 0 saturated carbocycles. The third kappa shape index (κ3) is 5.74. The second kappa shape index (κ2) is 10.3. The lowest BCUT2D eigenvalue weighted by atomic mass is 10.0. The first-order chi connectivity index (χ1) is 13.5. The van der Waals surface area contributed by atoms with Crippen LogP contribution in [0.2, 0.25) is 0 Å². The van der Waals surface area contributed by atoms with Crippen LogP contribution in [0.25, 0.3) is 0 Å². The average molecular weight is 385 g/mol. The highest BCUT2D eigenvalue weighted by atomic mass is 16.5. The fourth-order valence-corrected chi connectivity index (χ4v) is 2.80. The first-order valence-electron chi connectivity index (χ1n) is 9.25. The van der Waals surface area contributed by atoms with Crippen molar-refractivity contribution in [1.82, 2.24) is 5.32 Å². The van der Waals surface area contributed by atoms with E-state index in [-0.39, 0.29) is 30.6 Å². The molecule has 2 rings (SSSR count). The molecule has 0 aliphatic carbocycles. The zero-order chi connectivity index (χ0) is 20.5. The van der Waals surface area contributed by atoms with Crippen LogP contribution >= 0.6 is 0 Å². The van der Waals surface area contributed by atoms with Gasteiger partial charge in [0.1, 0.15) is 5.75 Å². The van der Waals surface area contributed by atoms with Crippen LogP contribution in [-0.2, 0) is 4.79 Å². The Morgan fingerprint density at radius 1 is 0.964 bits per heavy atom. The fourth-order valence-electron chi connectivity index (χ4n) is 2.80. The summed E-state index contributed by atoms with van der Waals surface area (Å²) in [5, 5.41) is 2.92. The molecular formula is C22H27NO5. The van der Waals surface area contributed by atoms with E-state index in [1.165, 1.54) is 14.2 Å². The zero-order valence-corrected chi connectivity index (χ0v) is 16.8. The quantitative estimate of drug-likeness (QED) is 0.627. The third-order valence-corrected chi connectivity index (χ3v) is 4.35. The molecule has 0 saturated heterocycles. The molecule has 0 aromatic heterocycles. The molecule has 1 N–H and O–H groups in total. The Morgan fingerprint density at radius 2 is 1.64 bits per heavy atom. The van der Waals surface area contributed by atoms with Crippen LogP contribution in [0.3, 0.4) is 0 Å². The molecule has 2 aromatic carbocycles. The van der Waals surface area contributed by atoms with Crippen molar-refractivity contribution in [1.29, 1.82) is 0 Å². The van der Waals surface area contributed by atoms with E-state index in [0.717, 1.165) is 11.3 Å². The summed E-state index contributed by atoms with van der Waals surface area (Å²) in [5.74, 6) is 1.55. The van der Waals surface area contributed by atoms with Crippen molar-refractivity contribution in [3.05, 3.63) is 53.6 Å². The Hall–Kier alpha value is -3.02. The predicted octanol–water partition coefficient (Wildman–Crippen LogP) is 3.94. The molecule has 28 heavy (non-hydrogen) atoms. The van der Waals surface area contributed by atoms with Crippen LogP contribution in [0.4, 0.5) is 0 Å². The number of benzene rings is 2. The topological polar surface area (TPSA) is 73.9 Å². The van der Waals surface area contributed by atoms with Gasteiger partial charge in [-0.15, -0.1) is 0 Å². The number of Topliss-reactive ketones (excluding diaryl/α,β-unsaturated/α-hetero) is 1. The molecule has 2 aromatic rings. The van der Waals surface area contributed by atoms with Gasteiger partial charge in [-0.3, -0.25) is 9.59 Å². The number of methoxy groups -OCH3 is 2. The fraction of sp³-hybridized carbons (Fsp3) is 0.364. The van der Waals surface area contributed by atoms with Crippen LogP contribution in [0.15, 0.2) is 42.5 Å². The van der Waals surface area contributed by atoms with Gasteiger partial charge in [0, 0.05) is 18.4 Å². The molecule has 1 unspecified atom stereocenters. The molecular weight excluding hydrogens is 358 g/mol. The zero-order valence-electron chi connectivity index (χ0n) is 16.8. The summed E-state index contributed by atoms with van der Waals surface area (Å²) >= 11 is 0. The van der Waals surface area contributed by atoms with Gasteiger partial charge in [-0.1, -0.05) is 12.1 Å². The number of carbonyl (C=O) groups is 2. The number of ether oxygens (including phenoxy) is 3. The molecule has 6 nitrogen and oxygen atoms in total. The SMILES string of the molecule is CCOc1ccc(C(C)NC(=O)CCC(=O)c2ccc(OC)c(OC)c2)cc1. The second-order valence-corrected chi connectivity index (χ2v) is 6.28. The minimum atomic E-state index is -0.171. The summed E-state index contributed by atoms with van der Waals surface area (Å²) in [5.41, 5.74) is 1.47. The lowest BCUT2D eigenvalue weighted by Crippen LogP contribution is -2.26. The van der Waals surface area contributed by atoms with E-state index in [4.69, 9.17) is 14.2 Å². The molecule has 0 spiro atoms. The number of hydrogen-bond donors (Lipinski definition) is 1. The van der Waals surface area contributed by atoms with Crippen molar-refractivity contribution in [2.45, 2.75) is 32.7 Å². The highest BCUT2D eigenvalue weighted by Crippen LogP contribution is 2.28. The maximum absolute atomic E-state index is 12.4. The Kier molecular flexibility index (Phi) is 7.87. The van der Waals surface area contributed by atoms with Crippen molar-refractivity contribution >= 4 is 11.7 Å². The molecule has 0 heterocycles. The molecule has 0 aliphatic heterocycles. The average Bonchev–Trinajstić information content (AvgIpc) is 2.72. The van der Waals surface area contributed by atoms with Gasteiger partial charge < -0.3 is 19.5 Å². The molecule has 6 heteroatoms. The molecule has 0 bridgehead atoms. The number of amides is 1. The van der Waals surface area contributed by atoms with Crippen molar-refractivity contribution in [2.75, 3.05) is 20.8 Å². The van der Waals surface area contributed by atoms with E-state index in [2.05, 4.69) is 5.32 Å². The van der Waals surface area contributed by atoms with E-state index >= 15 is 0 Å². The molecule has 150 valence electrons. The first-order valence-corrected chi connectivity index (χ1v) is 9.25. The van der Waals surface area contributed by atoms with Gasteiger partial charge in [0.15, 0.2) is 17.3 Å². The van der Waals surface area contributed by atoms with Crippen LogP contribution in [0.5, 0.6) is 17.2 Å². The first kappa shape index (κ1) is 21.3. The summed E-state index contributed by atoms with van der Waals surface area (Å²) in [6, 6.07) is 12.4. The minimum absolute atomic E-state index is 0.120. The molecule has 0 fully saturated rings. The van der Waals surface area contributed by atoms with E-state index in [0.29, 0.717) is 23.7 Å². The third-order valence-electron chi connectivity index (χ3n) is 4.35. The molecule has 0 radical (unpaired) electrons. The van der Waals surface area contributed by atoms with Gasteiger partial charge in [0.05, 0.1) is 26.9 Å². The van der Waals surface area contributed by atoms with Gasteiger partial charge in [-0.2, -0.15) is 0 Å². The Morgan fingerprint density at radius 3 is 2.25 bits per heavy atom. The summed E-state index contributed by atoms with van der Waals surface area (Å²) in [6.07, 6.45) is 0.242. The molecule has 0 aliphatic rings. The minimum Gasteiger partial charge on any atom is -0.494 e. The second-order valence-electron chi connectivity index (χ2n) is 6.28. The smallest absolute Gasteiger partial charge is 0.220 e. The van der Waals surface area contributed by atoms with Crippen LogP contribution < -0.4 is 19.5 Å². The normalized spacial score (nSPS) is 11.4. The van der Waals surface area contributed by atoms with Crippen LogP contribution in [0.1, 0.15) is 48.7 Å². The van der Waals surface area contributed by atoms with Gasteiger partial charge in [-0.25, -0.2) is 0 Å². The number of rotatable bonds is 10. The largest absolute Gasteiger partial charge is 0.494 e. The number of nitrogens with one attached hydrogen (secondary N) is 1. The predicted molar refractivity (Wildman–Crippen MR) is 107 cm³/mol. The highest BCUT2D eigenvalue weighted by molar-refractivity contribution is 5.98. The summed E-state index contributed by atoms with van der Waals surface area (Å²) in [4.78, 5) is 24.6. The summed E-state index contributed by atoms with van der Waals surface area (Å²) in [7, 11) is 3.05. The Bertz CT molecular complexity index is 801. The van der Waals surface area contributed by atoms with Gasteiger partial charge in [0.25, 0.3) is 0 Å². The van der Waals surface area contributed by atoms with Crippen LogP contribution in [-0.4, -0.2) is 32.5 Å². The van der Waals surface area contributed by atoms with Crippen molar-refractivity contribution < 1.29 is 23.8 Å². The number of ketones is 1. The Balaban J connectivity index is 1.88. The lowest BCUT2D eigenvalue weighted by molar-refractivity contribution is -0.121. The van der Waals surface area contributed by atoms with Crippen molar-refractivity contribution in [2.24, 2.45) is 0 Å². The van der Waals surface area contributed by atoms with E-state index in [1.807, 2.05) is 38.1 Å². The van der Waals surface area contributed by atoms with E-state index in [9.17, 15) is 9.59 Å². The molecule has 1 amide bonds.